The summed E-state index contributed by atoms with van der Waals surface area (Å²) in [5.74, 6) is 0.183. The minimum Gasteiger partial charge on any atom is -0.399 e. The summed E-state index contributed by atoms with van der Waals surface area (Å²) >= 11 is 0. The normalized spacial score (nSPS) is 20.1. The van der Waals surface area contributed by atoms with Gasteiger partial charge in [-0.15, -0.1) is 0 Å². The Morgan fingerprint density at radius 2 is 1.53 bits per heavy atom. The number of benzene rings is 1. The summed E-state index contributed by atoms with van der Waals surface area (Å²) in [6.45, 7) is 12.6. The summed E-state index contributed by atoms with van der Waals surface area (Å²) in [6.07, 6.45) is 0. The van der Waals surface area contributed by atoms with Crippen LogP contribution in [0.2, 0.25) is 0 Å². The Kier molecular flexibility index (Phi) is 2.92. The van der Waals surface area contributed by atoms with Crippen LogP contribution in [0.1, 0.15) is 38.8 Å². The highest BCUT2D eigenvalue weighted by Crippen LogP contribution is 2.68. The van der Waals surface area contributed by atoms with E-state index in [0.717, 1.165) is 22.5 Å². The molecule has 0 aromatic heterocycles. The van der Waals surface area contributed by atoms with Crippen molar-refractivity contribution in [2.45, 2.75) is 41.5 Å². The van der Waals surface area contributed by atoms with E-state index >= 15 is 0 Å². The lowest BCUT2D eigenvalue weighted by Gasteiger charge is -2.13. The van der Waals surface area contributed by atoms with Crippen molar-refractivity contribution >= 4 is 17.3 Å². The van der Waals surface area contributed by atoms with Crippen molar-refractivity contribution in [3.8, 4) is 0 Å². The molecule has 0 bridgehead atoms. The van der Waals surface area contributed by atoms with Gasteiger partial charge in [-0.2, -0.15) is 0 Å². The Morgan fingerprint density at radius 1 is 1.11 bits per heavy atom. The van der Waals surface area contributed by atoms with Crippen molar-refractivity contribution in [1.29, 1.82) is 0 Å². The van der Waals surface area contributed by atoms with E-state index in [9.17, 15) is 4.79 Å². The van der Waals surface area contributed by atoms with Crippen LogP contribution in [-0.2, 0) is 4.79 Å². The minimum absolute atomic E-state index is 0.0622. The lowest BCUT2D eigenvalue weighted by molar-refractivity contribution is -0.118. The molecule has 1 aromatic carbocycles. The molecule has 1 saturated carbocycles. The maximum absolute atomic E-state index is 12.5. The zero-order valence-electron chi connectivity index (χ0n) is 12.7. The molecule has 3 heteroatoms. The van der Waals surface area contributed by atoms with Crippen LogP contribution in [0.15, 0.2) is 12.1 Å². The molecule has 1 aliphatic rings. The molecule has 0 saturated heterocycles. The molecule has 104 valence electrons. The maximum atomic E-state index is 12.5. The second-order valence-electron chi connectivity index (χ2n) is 6.90. The van der Waals surface area contributed by atoms with Crippen LogP contribution < -0.4 is 11.1 Å². The number of anilines is 2. The predicted molar refractivity (Wildman–Crippen MR) is 80.0 cm³/mol. The maximum Gasteiger partial charge on any atom is 0.228 e. The lowest BCUT2D eigenvalue weighted by atomic mass is 10.0. The Balaban J connectivity index is 2.23. The molecule has 1 amide bonds. The number of aryl methyl sites for hydroxylation is 2. The largest absolute Gasteiger partial charge is 0.399 e. The van der Waals surface area contributed by atoms with Crippen molar-refractivity contribution in [1.82, 2.24) is 0 Å². The van der Waals surface area contributed by atoms with Gasteiger partial charge in [-0.3, -0.25) is 4.79 Å². The number of carbonyl (C=O) groups excluding carboxylic acids is 1. The average molecular weight is 260 g/mol. The molecule has 1 aliphatic carbocycles. The number of nitrogens with two attached hydrogens (primary N) is 1. The second kappa shape index (κ2) is 3.99. The quantitative estimate of drug-likeness (QED) is 0.799. The van der Waals surface area contributed by atoms with Crippen molar-refractivity contribution in [3.05, 3.63) is 23.3 Å². The lowest BCUT2D eigenvalue weighted by Crippen LogP contribution is -2.19. The molecule has 2 rings (SSSR count). The number of amides is 1. The van der Waals surface area contributed by atoms with Gasteiger partial charge in [0, 0.05) is 17.3 Å². The van der Waals surface area contributed by atoms with Crippen LogP contribution in [0.4, 0.5) is 11.4 Å². The third kappa shape index (κ3) is 2.01. The van der Waals surface area contributed by atoms with E-state index in [0.29, 0.717) is 0 Å². The van der Waals surface area contributed by atoms with E-state index in [-0.39, 0.29) is 22.7 Å². The van der Waals surface area contributed by atoms with Gasteiger partial charge < -0.3 is 11.1 Å². The average Bonchev–Trinajstić information content (AvgIpc) is 2.63. The van der Waals surface area contributed by atoms with Gasteiger partial charge >= 0.3 is 0 Å². The van der Waals surface area contributed by atoms with Crippen LogP contribution in [-0.4, -0.2) is 5.91 Å². The van der Waals surface area contributed by atoms with Crippen molar-refractivity contribution < 1.29 is 4.79 Å². The molecule has 1 aromatic rings. The molecule has 0 spiro atoms. The summed E-state index contributed by atoms with van der Waals surface area (Å²) in [6, 6.07) is 3.79. The summed E-state index contributed by atoms with van der Waals surface area (Å²) in [7, 11) is 0. The van der Waals surface area contributed by atoms with Crippen molar-refractivity contribution in [2.24, 2.45) is 16.7 Å². The van der Waals surface area contributed by atoms with Gasteiger partial charge in [-0.25, -0.2) is 0 Å². The molecule has 19 heavy (non-hydrogen) atoms. The van der Waals surface area contributed by atoms with E-state index in [1.54, 1.807) is 0 Å². The Hall–Kier alpha value is -1.51. The van der Waals surface area contributed by atoms with Crippen LogP contribution in [0.3, 0.4) is 0 Å². The number of nitrogens with one attached hydrogen (secondary N) is 1. The third-order valence-corrected chi connectivity index (χ3v) is 5.09. The summed E-state index contributed by atoms with van der Waals surface area (Å²) in [5.41, 5.74) is 9.60. The first-order valence-electron chi connectivity index (χ1n) is 6.76. The standard InChI is InChI=1S/C16H24N2O/c1-9-7-11(17)8-10(2)12(9)18-14(19)13-15(3,4)16(13,5)6/h7-8,13H,17H2,1-6H3,(H,18,19). The molecule has 0 aliphatic heterocycles. The molecule has 3 nitrogen and oxygen atoms in total. The topological polar surface area (TPSA) is 55.1 Å². The monoisotopic (exact) mass is 260 g/mol. The minimum atomic E-state index is 0.0622. The van der Waals surface area contributed by atoms with E-state index < -0.39 is 0 Å². The number of hydrogen-bond donors (Lipinski definition) is 2. The Labute approximate surface area is 115 Å². The van der Waals surface area contributed by atoms with Gasteiger partial charge in [0.2, 0.25) is 5.91 Å². The Morgan fingerprint density at radius 3 is 1.89 bits per heavy atom. The Bertz CT molecular complexity index is 507. The van der Waals surface area contributed by atoms with Crippen LogP contribution in [0.25, 0.3) is 0 Å². The summed E-state index contributed by atoms with van der Waals surface area (Å²) in [5, 5.41) is 3.08. The van der Waals surface area contributed by atoms with Gasteiger partial charge in [0.1, 0.15) is 0 Å². The highest BCUT2D eigenvalue weighted by Gasteiger charge is 2.68. The smallest absolute Gasteiger partial charge is 0.228 e. The van der Waals surface area contributed by atoms with Gasteiger partial charge in [-0.1, -0.05) is 27.7 Å². The number of rotatable bonds is 2. The van der Waals surface area contributed by atoms with Gasteiger partial charge in [0.15, 0.2) is 0 Å². The molecule has 3 N–H and O–H groups in total. The molecule has 1 fully saturated rings. The predicted octanol–water partition coefficient (Wildman–Crippen LogP) is 3.51. The third-order valence-electron chi connectivity index (χ3n) is 5.09. The van der Waals surface area contributed by atoms with Gasteiger partial charge in [0.05, 0.1) is 0 Å². The first kappa shape index (κ1) is 13.9. The SMILES string of the molecule is Cc1cc(N)cc(C)c1NC(=O)C1C(C)(C)C1(C)C. The van der Waals surface area contributed by atoms with Crippen LogP contribution in [0.5, 0.6) is 0 Å². The van der Waals surface area contributed by atoms with E-state index in [4.69, 9.17) is 5.73 Å². The van der Waals surface area contributed by atoms with E-state index in [1.807, 2.05) is 26.0 Å². The first-order valence-corrected chi connectivity index (χ1v) is 6.76. The highest BCUT2D eigenvalue weighted by atomic mass is 16.2. The zero-order chi connectivity index (χ0) is 14.6. The van der Waals surface area contributed by atoms with Crippen molar-refractivity contribution in [2.75, 3.05) is 11.1 Å². The zero-order valence-corrected chi connectivity index (χ0v) is 12.7. The number of nitrogen functional groups attached to an aromatic ring is 1. The van der Waals surface area contributed by atoms with E-state index in [1.165, 1.54) is 0 Å². The molecule has 0 radical (unpaired) electrons. The van der Waals surface area contributed by atoms with Gasteiger partial charge in [-0.05, 0) is 47.9 Å². The second-order valence-corrected chi connectivity index (χ2v) is 6.90. The van der Waals surface area contributed by atoms with Crippen LogP contribution in [0, 0.1) is 30.6 Å². The fourth-order valence-electron chi connectivity index (χ4n) is 3.24. The van der Waals surface area contributed by atoms with E-state index in [2.05, 4.69) is 33.0 Å². The molecular weight excluding hydrogens is 236 g/mol. The van der Waals surface area contributed by atoms with Crippen molar-refractivity contribution in [3.63, 3.8) is 0 Å². The molecule has 0 heterocycles. The highest BCUT2D eigenvalue weighted by molar-refractivity contribution is 5.97. The van der Waals surface area contributed by atoms with Crippen LogP contribution >= 0.6 is 0 Å². The number of hydrogen-bond acceptors (Lipinski definition) is 2. The first-order chi connectivity index (χ1) is 8.59. The summed E-state index contributed by atoms with van der Waals surface area (Å²) in [4.78, 5) is 12.5. The molecule has 0 atom stereocenters. The fourth-order valence-corrected chi connectivity index (χ4v) is 3.24. The summed E-state index contributed by atoms with van der Waals surface area (Å²) < 4.78 is 0. The number of carbonyl (C=O) groups is 1. The molecular formula is C16H24N2O. The fraction of sp³-hybridized carbons (Fsp3) is 0.562. The van der Waals surface area contributed by atoms with Gasteiger partial charge in [0.25, 0.3) is 0 Å². The molecule has 0 unspecified atom stereocenters.